The number of fused-ring (bicyclic) bond motifs is 4. The molecule has 1 spiro atoms. The fourth-order valence-corrected chi connectivity index (χ4v) is 18.1. The molecular formula is C54H88O25. The van der Waals surface area contributed by atoms with Gasteiger partial charge in [-0.2, -0.15) is 0 Å². The van der Waals surface area contributed by atoms with Crippen molar-refractivity contribution >= 4 is 5.97 Å². The predicted octanol–water partition coefficient (Wildman–Crippen LogP) is -3.24. The molecule has 31 atom stereocenters. The van der Waals surface area contributed by atoms with Crippen molar-refractivity contribution in [3.63, 3.8) is 0 Å². The molecule has 4 unspecified atom stereocenters. The van der Waals surface area contributed by atoms with E-state index < -0.39 is 200 Å². The molecule has 79 heavy (non-hydrogen) atoms. The predicted molar refractivity (Wildman–Crippen MR) is 264 cm³/mol. The molecule has 5 aliphatic carbocycles. The fraction of sp³-hybridized carbons (Fsp3) is 0.981. The first-order valence-electron chi connectivity index (χ1n) is 28.4. The van der Waals surface area contributed by atoms with E-state index in [1.165, 1.54) is 6.92 Å². The summed E-state index contributed by atoms with van der Waals surface area (Å²) >= 11 is 0. The largest absolute Gasteiger partial charge is 0.462 e. The lowest BCUT2D eigenvalue weighted by Gasteiger charge is -2.75. The van der Waals surface area contributed by atoms with Crippen molar-refractivity contribution < 1.29 is 124 Å². The van der Waals surface area contributed by atoms with Gasteiger partial charge >= 0.3 is 5.97 Å². The Bertz CT molecular complexity index is 2180. The van der Waals surface area contributed by atoms with Crippen LogP contribution in [-0.4, -0.2) is 251 Å². The highest BCUT2D eigenvalue weighted by Gasteiger charge is 2.84. The molecule has 10 rings (SSSR count). The zero-order valence-electron chi connectivity index (χ0n) is 46.1. The third-order valence-electron chi connectivity index (χ3n) is 22.3. The quantitative estimate of drug-likeness (QED) is 0.0674. The Hall–Kier alpha value is -1.45. The minimum absolute atomic E-state index is 0.0283. The standard InChI is InChI=1S/C54H88O25/c1-22(58)72-32-16-48(2,3)14-29-53-13-9-28-49(4)11-10-31(50(5,21-57)27(49)8-12-51(28,6)52(53,7)15-30(60)54(29,32)47(69)79-53)76-45-41(78-44-40(68)37(65)34(62)24(17-55)73-44)36(64)26(20-71-45)75-46-42(38(66)35(63)25(18-56)74-46)77-43-39(67)33(61)23(59)19-70-43/h23-47,55-57,59-69H,8-21H2,1-7H3/t23-,24-,25-,26+,27?,28?,29?,30-,31+,32+,33+,34-,35-,36+,37+,38+,39-,40-,41-,42-,43+,44+,45+,46+,47?,49+,50+,51-,52+,53+,54-/m1/s1. The van der Waals surface area contributed by atoms with Crippen LogP contribution in [0.1, 0.15) is 106 Å². The lowest BCUT2D eigenvalue weighted by Crippen LogP contribution is -2.75. The number of aliphatic hydroxyl groups excluding tert-OH is 14. The summed E-state index contributed by atoms with van der Waals surface area (Å²) in [4.78, 5) is 12.6. The van der Waals surface area contributed by atoms with Crippen molar-refractivity contribution in [2.45, 2.75) is 247 Å². The van der Waals surface area contributed by atoms with Crippen LogP contribution in [0.4, 0.5) is 0 Å². The van der Waals surface area contributed by atoms with E-state index >= 15 is 0 Å². The highest BCUT2D eigenvalue weighted by Crippen LogP contribution is 2.81. The molecule has 0 aromatic rings. The van der Waals surface area contributed by atoms with Gasteiger partial charge in [0.2, 0.25) is 0 Å². The van der Waals surface area contributed by atoms with Crippen LogP contribution in [0.15, 0.2) is 0 Å². The molecule has 25 heteroatoms. The first-order valence-corrected chi connectivity index (χ1v) is 28.4. The molecule has 0 radical (unpaired) electrons. The molecule has 5 saturated heterocycles. The zero-order valence-corrected chi connectivity index (χ0v) is 46.1. The molecule has 0 amide bonds. The van der Waals surface area contributed by atoms with Gasteiger partial charge in [0.05, 0.1) is 56.3 Å². The number of hydrogen-bond donors (Lipinski definition) is 14. The zero-order chi connectivity index (χ0) is 57.5. The molecule has 454 valence electrons. The van der Waals surface area contributed by atoms with Crippen LogP contribution >= 0.6 is 0 Å². The van der Waals surface area contributed by atoms with Crippen molar-refractivity contribution in [1.82, 2.24) is 0 Å². The summed E-state index contributed by atoms with van der Waals surface area (Å²) in [5.41, 5.74) is -4.91. The van der Waals surface area contributed by atoms with E-state index in [9.17, 15) is 76.3 Å². The second-order valence-corrected chi connectivity index (χ2v) is 26.8. The number of ether oxygens (including phenoxy) is 10. The van der Waals surface area contributed by atoms with E-state index in [1.54, 1.807) is 0 Å². The molecule has 2 bridgehead atoms. The molecule has 5 aliphatic heterocycles. The maximum atomic E-state index is 12.6. The summed E-state index contributed by atoms with van der Waals surface area (Å²) in [7, 11) is 0. The normalized spacial score (nSPS) is 57.1. The van der Waals surface area contributed by atoms with Crippen LogP contribution < -0.4 is 0 Å². The maximum absolute atomic E-state index is 12.6. The summed E-state index contributed by atoms with van der Waals surface area (Å²) in [6.07, 6.45) is -30.0. The Morgan fingerprint density at radius 2 is 1.16 bits per heavy atom. The van der Waals surface area contributed by atoms with Gasteiger partial charge in [0.1, 0.15) is 91.6 Å². The van der Waals surface area contributed by atoms with Crippen molar-refractivity contribution in [2.75, 3.05) is 33.0 Å². The number of rotatable bonds is 12. The number of hydrogen-bond acceptors (Lipinski definition) is 25. The highest BCUT2D eigenvalue weighted by molar-refractivity contribution is 5.66. The highest BCUT2D eigenvalue weighted by atomic mass is 16.8. The van der Waals surface area contributed by atoms with Crippen LogP contribution in [0.2, 0.25) is 0 Å². The van der Waals surface area contributed by atoms with Crippen LogP contribution in [0, 0.1) is 50.2 Å². The molecule has 0 aromatic heterocycles. The fourth-order valence-electron chi connectivity index (χ4n) is 18.1. The molecule has 14 N–H and O–H groups in total. The van der Waals surface area contributed by atoms with Crippen LogP contribution in [-0.2, 0) is 52.2 Å². The Labute approximate surface area is 458 Å². The molecule has 10 aliphatic rings. The summed E-state index contributed by atoms with van der Waals surface area (Å²) in [6, 6.07) is 0. The second-order valence-electron chi connectivity index (χ2n) is 26.8. The van der Waals surface area contributed by atoms with Gasteiger partial charge in [-0.3, -0.25) is 4.79 Å². The van der Waals surface area contributed by atoms with Crippen LogP contribution in [0.5, 0.6) is 0 Å². The van der Waals surface area contributed by atoms with Gasteiger partial charge < -0.3 is 119 Å². The Kier molecular flexibility index (Phi) is 16.5. The Balaban J connectivity index is 0.920. The first-order chi connectivity index (χ1) is 37.0. The van der Waals surface area contributed by atoms with Gasteiger partial charge in [-0.1, -0.05) is 41.5 Å². The van der Waals surface area contributed by atoms with Gasteiger partial charge in [0.25, 0.3) is 0 Å². The average Bonchev–Trinajstić information content (AvgIpc) is 1.99. The van der Waals surface area contributed by atoms with Crippen LogP contribution in [0.3, 0.4) is 0 Å². The maximum Gasteiger partial charge on any atom is 0.302 e. The minimum Gasteiger partial charge on any atom is -0.462 e. The second kappa shape index (κ2) is 21.5. The average molecular weight is 1140 g/mol. The molecule has 0 aromatic carbocycles. The molecule has 5 heterocycles. The smallest absolute Gasteiger partial charge is 0.302 e. The van der Waals surface area contributed by atoms with Gasteiger partial charge in [0, 0.05) is 23.7 Å². The topological polar surface area (TPSA) is 393 Å². The van der Waals surface area contributed by atoms with Crippen molar-refractivity contribution in [3.05, 3.63) is 0 Å². The van der Waals surface area contributed by atoms with Gasteiger partial charge in [0.15, 0.2) is 31.5 Å². The molecule has 25 nitrogen and oxygen atoms in total. The van der Waals surface area contributed by atoms with Crippen molar-refractivity contribution in [1.29, 1.82) is 0 Å². The Morgan fingerprint density at radius 3 is 1.82 bits per heavy atom. The summed E-state index contributed by atoms with van der Waals surface area (Å²) < 4.78 is 61.6. The number of carbonyl (C=O) groups excluding carboxylic acids is 1. The summed E-state index contributed by atoms with van der Waals surface area (Å²) in [5, 5.41) is 155. The van der Waals surface area contributed by atoms with E-state index in [-0.39, 0.29) is 29.8 Å². The van der Waals surface area contributed by atoms with E-state index in [4.69, 9.17) is 47.4 Å². The monoisotopic (exact) mass is 1140 g/mol. The lowest BCUT2D eigenvalue weighted by atomic mass is 9.30. The van der Waals surface area contributed by atoms with Gasteiger partial charge in [-0.25, -0.2) is 0 Å². The number of carbonyl (C=O) groups is 1. The molecule has 5 saturated carbocycles. The minimum atomic E-state index is -1.95. The van der Waals surface area contributed by atoms with E-state index in [0.717, 1.165) is 0 Å². The van der Waals surface area contributed by atoms with Crippen molar-refractivity contribution in [3.8, 4) is 0 Å². The molecular weight excluding hydrogens is 1050 g/mol. The summed E-state index contributed by atoms with van der Waals surface area (Å²) in [6.45, 7) is 11.4. The van der Waals surface area contributed by atoms with E-state index in [2.05, 4.69) is 34.6 Å². The Morgan fingerprint density at radius 1 is 0.557 bits per heavy atom. The summed E-state index contributed by atoms with van der Waals surface area (Å²) in [5.74, 6) is -0.958. The lowest BCUT2D eigenvalue weighted by molar-refractivity contribution is -0.393. The number of aliphatic hydroxyl groups is 14. The van der Waals surface area contributed by atoms with Gasteiger partial charge in [-0.15, -0.1) is 0 Å². The first kappa shape index (κ1) is 60.7. The molecule has 10 fully saturated rings. The van der Waals surface area contributed by atoms with Crippen molar-refractivity contribution in [2.24, 2.45) is 50.2 Å². The van der Waals surface area contributed by atoms with Crippen LogP contribution in [0.25, 0.3) is 0 Å². The number of esters is 1. The van der Waals surface area contributed by atoms with Gasteiger partial charge in [-0.05, 0) is 85.9 Å². The van der Waals surface area contributed by atoms with E-state index in [1.807, 2.05) is 6.92 Å². The third-order valence-corrected chi connectivity index (χ3v) is 22.3. The van der Waals surface area contributed by atoms with E-state index in [0.29, 0.717) is 57.8 Å². The third kappa shape index (κ3) is 9.16. The SMILES string of the molecule is CC(=O)O[C@H]1CC(C)(C)CC2[C@]13C(O)O[C@@]21CCC2[C@@]4(C)CC[C@H](O[C@@H]5OC[C@H](O[C@@H]6O[C@H](CO)[C@@H](O)[C@H](O)[C@H]6O[C@@H]6OC[C@@H](O)[C@H](O)[C@H]6O)[C@H](O)[C@H]5O[C@@H]5O[C@H](CO)[C@@H](O)[C@H](O)[C@H]5O)[C@@](C)(CO)C4CC[C@@]2(C)[C@]1(C)C[C@H]3O.